The van der Waals surface area contributed by atoms with Crippen LogP contribution in [0.25, 0.3) is 6.08 Å². The molecule has 10 heteroatoms. The summed E-state index contributed by atoms with van der Waals surface area (Å²) in [5, 5.41) is 0. The number of esters is 1. The van der Waals surface area contributed by atoms with Gasteiger partial charge in [0.2, 0.25) is 0 Å². The number of nitrogens with zero attached hydrogens (tertiary/aromatic N) is 2. The minimum absolute atomic E-state index is 0.191. The summed E-state index contributed by atoms with van der Waals surface area (Å²) in [5.74, 6) is 1.73. The van der Waals surface area contributed by atoms with E-state index in [0.717, 1.165) is 19.3 Å². The number of thiazole rings is 1. The lowest BCUT2D eigenvalue weighted by molar-refractivity contribution is -0.139. The monoisotopic (exact) mass is 594 g/mol. The minimum atomic E-state index is -0.776. The molecule has 0 unspecified atom stereocenters. The molecule has 224 valence electrons. The lowest BCUT2D eigenvalue weighted by atomic mass is 9.95. The van der Waals surface area contributed by atoms with Crippen LogP contribution >= 0.6 is 11.3 Å². The third-order valence-corrected chi connectivity index (χ3v) is 7.73. The summed E-state index contributed by atoms with van der Waals surface area (Å²) in [6, 6.07) is 10.2. The van der Waals surface area contributed by atoms with Crippen molar-refractivity contribution < 1.29 is 28.5 Å². The molecule has 0 bridgehead atoms. The van der Waals surface area contributed by atoms with Gasteiger partial charge in [-0.25, -0.2) is 9.79 Å². The largest absolute Gasteiger partial charge is 0.493 e. The first-order valence-corrected chi connectivity index (χ1v) is 15.0. The molecule has 9 nitrogen and oxygen atoms in total. The number of carbonyl (C=O) groups excluding carboxylic acids is 1. The summed E-state index contributed by atoms with van der Waals surface area (Å²) < 4.78 is 30.5. The molecule has 0 spiro atoms. The molecule has 1 aliphatic rings. The second kappa shape index (κ2) is 14.2. The molecule has 3 aromatic rings. The molecule has 0 radical (unpaired) electrons. The van der Waals surface area contributed by atoms with Gasteiger partial charge in [-0.3, -0.25) is 9.36 Å². The van der Waals surface area contributed by atoms with Crippen LogP contribution in [0.1, 0.15) is 64.1 Å². The summed E-state index contributed by atoms with van der Waals surface area (Å²) in [6.07, 6.45) is 4.52. The van der Waals surface area contributed by atoms with E-state index in [1.807, 2.05) is 37.3 Å². The van der Waals surface area contributed by atoms with E-state index in [4.69, 9.17) is 23.7 Å². The van der Waals surface area contributed by atoms with Crippen LogP contribution in [0, 0.1) is 0 Å². The molecule has 1 aromatic heterocycles. The first-order chi connectivity index (χ1) is 20.4. The van der Waals surface area contributed by atoms with Crippen molar-refractivity contribution in [1.29, 1.82) is 0 Å². The number of aromatic nitrogens is 1. The van der Waals surface area contributed by atoms with Crippen LogP contribution in [-0.2, 0) is 9.53 Å². The SMILES string of the molecule is CCCCOc1ccc([C@@H]2C(C(=O)OCC)=C(C)N=c3s/c(=C/c4cccc(OC)c4OCCC)c(=O)n32)cc1OC. The fourth-order valence-electron chi connectivity index (χ4n) is 4.71. The third-order valence-electron chi connectivity index (χ3n) is 6.74. The van der Waals surface area contributed by atoms with E-state index in [9.17, 15) is 9.59 Å². The van der Waals surface area contributed by atoms with Crippen molar-refractivity contribution in [1.82, 2.24) is 4.57 Å². The average molecular weight is 595 g/mol. The van der Waals surface area contributed by atoms with E-state index < -0.39 is 12.0 Å². The zero-order chi connectivity index (χ0) is 30.2. The number of rotatable bonds is 13. The molecular formula is C32H38N2O7S. The second-order valence-corrected chi connectivity index (χ2v) is 10.7. The number of fused-ring (bicyclic) bond motifs is 1. The van der Waals surface area contributed by atoms with E-state index in [1.54, 1.807) is 44.8 Å². The Morgan fingerprint density at radius 1 is 1.00 bits per heavy atom. The Bertz CT molecular complexity index is 1640. The quantitative estimate of drug-likeness (QED) is 0.208. The van der Waals surface area contributed by atoms with Gasteiger partial charge >= 0.3 is 5.97 Å². The first kappa shape index (κ1) is 30.9. The van der Waals surface area contributed by atoms with Gasteiger partial charge in [-0.2, -0.15) is 0 Å². The van der Waals surface area contributed by atoms with Crippen molar-refractivity contribution in [3.05, 3.63) is 78.5 Å². The highest BCUT2D eigenvalue weighted by molar-refractivity contribution is 7.07. The molecular weight excluding hydrogens is 556 g/mol. The summed E-state index contributed by atoms with van der Waals surface area (Å²) in [7, 11) is 3.15. The zero-order valence-electron chi connectivity index (χ0n) is 25.0. The molecule has 0 N–H and O–H groups in total. The molecule has 0 amide bonds. The van der Waals surface area contributed by atoms with E-state index in [1.165, 1.54) is 11.3 Å². The maximum absolute atomic E-state index is 14.1. The van der Waals surface area contributed by atoms with Gasteiger partial charge in [0.1, 0.15) is 0 Å². The molecule has 0 aliphatic carbocycles. The highest BCUT2D eigenvalue weighted by Crippen LogP contribution is 2.36. The van der Waals surface area contributed by atoms with Crippen LogP contribution in [-0.4, -0.2) is 44.6 Å². The Morgan fingerprint density at radius 2 is 1.79 bits per heavy atom. The average Bonchev–Trinajstić information content (AvgIpc) is 3.29. The van der Waals surface area contributed by atoms with Gasteiger partial charge in [-0.1, -0.05) is 49.8 Å². The van der Waals surface area contributed by atoms with Gasteiger partial charge in [0.15, 0.2) is 27.8 Å². The number of para-hydroxylation sites is 1. The van der Waals surface area contributed by atoms with Crippen molar-refractivity contribution in [3.8, 4) is 23.0 Å². The Balaban J connectivity index is 1.91. The lowest BCUT2D eigenvalue weighted by Gasteiger charge is -2.25. The van der Waals surface area contributed by atoms with Gasteiger partial charge in [-0.05, 0) is 56.5 Å². The molecule has 2 aromatic carbocycles. The molecule has 2 heterocycles. The fourth-order valence-corrected chi connectivity index (χ4v) is 5.75. The number of benzene rings is 2. The Labute approximate surface area is 249 Å². The van der Waals surface area contributed by atoms with Crippen molar-refractivity contribution in [2.75, 3.05) is 34.0 Å². The maximum atomic E-state index is 14.1. The molecule has 0 saturated heterocycles. The van der Waals surface area contributed by atoms with Crippen molar-refractivity contribution >= 4 is 23.4 Å². The number of methoxy groups -OCH3 is 2. The molecule has 42 heavy (non-hydrogen) atoms. The van der Waals surface area contributed by atoms with E-state index in [2.05, 4.69) is 11.9 Å². The Morgan fingerprint density at radius 3 is 2.48 bits per heavy atom. The molecule has 1 atom stereocenters. The summed E-state index contributed by atoms with van der Waals surface area (Å²) in [4.78, 5) is 32.5. The van der Waals surface area contributed by atoms with E-state index in [0.29, 0.717) is 67.9 Å². The highest BCUT2D eigenvalue weighted by atomic mass is 32.1. The van der Waals surface area contributed by atoms with Crippen LogP contribution in [0.3, 0.4) is 0 Å². The predicted octanol–water partition coefficient (Wildman–Crippen LogP) is 4.78. The molecule has 0 saturated carbocycles. The summed E-state index contributed by atoms with van der Waals surface area (Å²) in [6.45, 7) is 8.88. The van der Waals surface area contributed by atoms with Crippen molar-refractivity contribution in [2.45, 2.75) is 53.0 Å². The number of allylic oxidation sites excluding steroid dienone is 1. The number of unbranched alkanes of at least 4 members (excludes halogenated alkanes) is 1. The number of ether oxygens (including phenoxy) is 5. The van der Waals surface area contributed by atoms with Gasteiger partial charge in [-0.15, -0.1) is 0 Å². The summed E-state index contributed by atoms with van der Waals surface area (Å²) >= 11 is 1.25. The highest BCUT2D eigenvalue weighted by Gasteiger charge is 2.34. The third kappa shape index (κ3) is 6.38. The first-order valence-electron chi connectivity index (χ1n) is 14.2. The predicted molar refractivity (Wildman–Crippen MR) is 163 cm³/mol. The number of carbonyl (C=O) groups is 1. The van der Waals surface area contributed by atoms with Gasteiger partial charge in [0.05, 0.1) is 55.9 Å². The van der Waals surface area contributed by atoms with Crippen LogP contribution in [0.2, 0.25) is 0 Å². The van der Waals surface area contributed by atoms with Crippen LogP contribution in [0.5, 0.6) is 23.0 Å². The van der Waals surface area contributed by atoms with Crippen molar-refractivity contribution in [3.63, 3.8) is 0 Å². The van der Waals surface area contributed by atoms with Gasteiger partial charge < -0.3 is 23.7 Å². The Hall–Kier alpha value is -4.05. The zero-order valence-corrected chi connectivity index (χ0v) is 25.8. The maximum Gasteiger partial charge on any atom is 0.338 e. The topological polar surface area (TPSA) is 97.6 Å². The van der Waals surface area contributed by atoms with Gasteiger partial charge in [0.25, 0.3) is 5.56 Å². The standard InChI is InChI=1S/C32H38N2O7S/c1-7-10-17-40-23-15-14-21(18-25(23)38-6)28-27(31(36)39-9-3)20(4)33-32-34(28)30(35)26(42-32)19-22-12-11-13-24(37-5)29(22)41-16-8-2/h11-15,18-19,28H,7-10,16-17H2,1-6H3/b26-19+/t28-/m1/s1. The van der Waals surface area contributed by atoms with Crippen LogP contribution in [0.15, 0.2) is 57.5 Å². The number of hydrogen-bond acceptors (Lipinski definition) is 9. The minimum Gasteiger partial charge on any atom is -0.493 e. The van der Waals surface area contributed by atoms with Crippen LogP contribution < -0.4 is 33.8 Å². The second-order valence-electron chi connectivity index (χ2n) is 9.64. The van der Waals surface area contributed by atoms with E-state index >= 15 is 0 Å². The fraction of sp³-hybridized carbons (Fsp3) is 0.406. The smallest absolute Gasteiger partial charge is 0.338 e. The van der Waals surface area contributed by atoms with E-state index in [-0.39, 0.29) is 12.2 Å². The number of hydrogen-bond donors (Lipinski definition) is 0. The molecule has 4 rings (SSSR count). The normalized spacial score (nSPS) is 14.7. The Kier molecular flexibility index (Phi) is 10.5. The van der Waals surface area contributed by atoms with Gasteiger partial charge in [0, 0.05) is 5.56 Å². The van der Waals surface area contributed by atoms with Crippen molar-refractivity contribution in [2.24, 2.45) is 4.99 Å². The molecule has 1 aliphatic heterocycles. The van der Waals surface area contributed by atoms with Crippen LogP contribution in [0.4, 0.5) is 0 Å². The lowest BCUT2D eigenvalue weighted by Crippen LogP contribution is -2.40. The summed E-state index contributed by atoms with van der Waals surface area (Å²) in [5.41, 5.74) is 1.88. The molecule has 0 fully saturated rings.